The fourth-order valence-corrected chi connectivity index (χ4v) is 2.71. The lowest BCUT2D eigenvalue weighted by molar-refractivity contribution is 0.190. The normalized spacial score (nSPS) is 18.2. The summed E-state index contributed by atoms with van der Waals surface area (Å²) >= 11 is 0. The van der Waals surface area contributed by atoms with Gasteiger partial charge in [0.1, 0.15) is 5.75 Å². The maximum atomic E-state index is 5.85. The summed E-state index contributed by atoms with van der Waals surface area (Å²) in [6, 6.07) is 6.39. The number of aromatic nitrogens is 2. The molecule has 0 radical (unpaired) electrons. The average molecular weight is 353 g/mol. The lowest BCUT2D eigenvalue weighted by Gasteiger charge is -2.30. The van der Waals surface area contributed by atoms with Crippen LogP contribution in [0.2, 0.25) is 0 Å². The van der Waals surface area contributed by atoms with Crippen LogP contribution in [0.15, 0.2) is 22.7 Å². The van der Waals surface area contributed by atoms with Crippen LogP contribution in [0.5, 0.6) is 5.75 Å². The summed E-state index contributed by atoms with van der Waals surface area (Å²) in [7, 11) is 2.09. The second-order valence-corrected chi connectivity index (χ2v) is 6.11. The number of piperazine rings is 1. The summed E-state index contributed by atoms with van der Waals surface area (Å²) in [5, 5.41) is 7.49. The predicted molar refractivity (Wildman–Crippen MR) is 94.9 cm³/mol. The molecular formula is C17H25ClN4O2. The molecule has 7 heteroatoms. The third-order valence-electron chi connectivity index (χ3n) is 4.21. The lowest BCUT2D eigenvalue weighted by Crippen LogP contribution is -2.44. The Morgan fingerprint density at radius 1 is 1.38 bits per heavy atom. The van der Waals surface area contributed by atoms with Gasteiger partial charge in [-0.3, -0.25) is 4.90 Å². The Bertz CT molecular complexity index is 662. The molecule has 132 valence electrons. The van der Waals surface area contributed by atoms with E-state index in [0.29, 0.717) is 18.9 Å². The molecule has 0 bridgehead atoms. The number of benzene rings is 1. The standard InChI is InChI=1S/C17H24N4O2.ClH/c1-12-4-5-13(2)15(10-12)22-9-6-16-19-17(20-23-16)14-11-18-7-8-21(14)3;/h4-5,10,14,18H,6-9,11H2,1-3H3;1H. The van der Waals surface area contributed by atoms with Gasteiger partial charge in [0.2, 0.25) is 5.89 Å². The molecule has 24 heavy (non-hydrogen) atoms. The van der Waals surface area contributed by atoms with Gasteiger partial charge in [-0.15, -0.1) is 12.4 Å². The molecule has 1 atom stereocenters. The second-order valence-electron chi connectivity index (χ2n) is 6.11. The van der Waals surface area contributed by atoms with Crippen LogP contribution in [-0.2, 0) is 6.42 Å². The Morgan fingerprint density at radius 3 is 3.00 bits per heavy atom. The van der Waals surface area contributed by atoms with Crippen molar-refractivity contribution < 1.29 is 9.26 Å². The number of hydrogen-bond donors (Lipinski definition) is 1. The fraction of sp³-hybridized carbons (Fsp3) is 0.529. The smallest absolute Gasteiger partial charge is 0.230 e. The molecule has 0 aliphatic carbocycles. The van der Waals surface area contributed by atoms with Gasteiger partial charge in [0.05, 0.1) is 19.1 Å². The minimum atomic E-state index is 0. The van der Waals surface area contributed by atoms with Crippen molar-refractivity contribution in [3.63, 3.8) is 0 Å². The number of hydrogen-bond acceptors (Lipinski definition) is 6. The molecule has 0 saturated carbocycles. The lowest BCUT2D eigenvalue weighted by atomic mass is 10.1. The van der Waals surface area contributed by atoms with E-state index >= 15 is 0 Å². The number of aryl methyl sites for hydroxylation is 2. The largest absolute Gasteiger partial charge is 0.493 e. The van der Waals surface area contributed by atoms with Gasteiger partial charge in [-0.1, -0.05) is 17.3 Å². The molecule has 1 aromatic carbocycles. The highest BCUT2D eigenvalue weighted by Gasteiger charge is 2.25. The van der Waals surface area contributed by atoms with Crippen LogP contribution < -0.4 is 10.1 Å². The number of rotatable bonds is 5. The first-order valence-corrected chi connectivity index (χ1v) is 8.07. The van der Waals surface area contributed by atoms with Gasteiger partial charge >= 0.3 is 0 Å². The van der Waals surface area contributed by atoms with E-state index < -0.39 is 0 Å². The molecule has 1 aliphatic heterocycles. The third-order valence-corrected chi connectivity index (χ3v) is 4.21. The van der Waals surface area contributed by atoms with Gasteiger partial charge in [-0.25, -0.2) is 0 Å². The highest BCUT2D eigenvalue weighted by atomic mass is 35.5. The molecular weight excluding hydrogens is 328 g/mol. The van der Waals surface area contributed by atoms with Crippen molar-refractivity contribution in [2.75, 3.05) is 33.3 Å². The zero-order valence-electron chi connectivity index (χ0n) is 14.4. The van der Waals surface area contributed by atoms with E-state index in [0.717, 1.165) is 36.8 Å². The molecule has 1 saturated heterocycles. The molecule has 1 unspecified atom stereocenters. The first kappa shape index (κ1) is 18.7. The summed E-state index contributed by atoms with van der Waals surface area (Å²) in [6.07, 6.45) is 0.615. The van der Waals surface area contributed by atoms with Crippen molar-refractivity contribution in [1.29, 1.82) is 0 Å². The average Bonchev–Trinajstić information content (AvgIpc) is 3.00. The van der Waals surface area contributed by atoms with E-state index in [4.69, 9.17) is 9.26 Å². The van der Waals surface area contributed by atoms with Crippen molar-refractivity contribution in [2.45, 2.75) is 26.3 Å². The van der Waals surface area contributed by atoms with Crippen LogP contribution in [-0.4, -0.2) is 48.3 Å². The van der Waals surface area contributed by atoms with E-state index in [9.17, 15) is 0 Å². The summed E-state index contributed by atoms with van der Waals surface area (Å²) in [4.78, 5) is 6.76. The van der Waals surface area contributed by atoms with Gasteiger partial charge in [-0.2, -0.15) is 4.98 Å². The second kappa shape index (κ2) is 8.46. The first-order chi connectivity index (χ1) is 11.1. The quantitative estimate of drug-likeness (QED) is 0.890. The molecule has 1 fully saturated rings. The van der Waals surface area contributed by atoms with Crippen LogP contribution in [0.25, 0.3) is 0 Å². The Labute approximate surface area is 149 Å². The molecule has 2 heterocycles. The molecule has 0 spiro atoms. The van der Waals surface area contributed by atoms with E-state index in [1.165, 1.54) is 5.56 Å². The Hall–Kier alpha value is -1.63. The highest BCUT2D eigenvalue weighted by Crippen LogP contribution is 2.20. The predicted octanol–water partition coefficient (Wildman–Crippen LogP) is 2.31. The van der Waals surface area contributed by atoms with Crippen molar-refractivity contribution in [1.82, 2.24) is 20.4 Å². The summed E-state index contributed by atoms with van der Waals surface area (Å²) in [5.41, 5.74) is 2.33. The molecule has 1 aromatic heterocycles. The van der Waals surface area contributed by atoms with Crippen molar-refractivity contribution >= 4 is 12.4 Å². The zero-order valence-corrected chi connectivity index (χ0v) is 15.2. The number of likely N-dealkylation sites (N-methyl/N-ethyl adjacent to an activating group) is 1. The van der Waals surface area contributed by atoms with Gasteiger partial charge in [-0.05, 0) is 38.1 Å². The van der Waals surface area contributed by atoms with Crippen molar-refractivity contribution in [3.05, 3.63) is 41.0 Å². The van der Waals surface area contributed by atoms with E-state index in [1.54, 1.807) is 0 Å². The van der Waals surface area contributed by atoms with E-state index in [1.807, 2.05) is 6.92 Å². The van der Waals surface area contributed by atoms with Crippen LogP contribution >= 0.6 is 12.4 Å². The van der Waals surface area contributed by atoms with Gasteiger partial charge in [0.15, 0.2) is 5.82 Å². The van der Waals surface area contributed by atoms with Gasteiger partial charge in [0.25, 0.3) is 0 Å². The molecule has 3 rings (SSSR count). The Kier molecular flexibility index (Phi) is 6.60. The topological polar surface area (TPSA) is 63.4 Å². The van der Waals surface area contributed by atoms with Crippen LogP contribution in [0.3, 0.4) is 0 Å². The van der Waals surface area contributed by atoms with E-state index in [-0.39, 0.29) is 18.4 Å². The number of nitrogens with one attached hydrogen (secondary N) is 1. The van der Waals surface area contributed by atoms with Crippen LogP contribution in [0.4, 0.5) is 0 Å². The zero-order chi connectivity index (χ0) is 16.2. The summed E-state index contributed by atoms with van der Waals surface area (Å²) in [5.74, 6) is 2.30. The minimum Gasteiger partial charge on any atom is -0.493 e. The monoisotopic (exact) mass is 352 g/mol. The van der Waals surface area contributed by atoms with Crippen LogP contribution in [0.1, 0.15) is 28.9 Å². The maximum absolute atomic E-state index is 5.85. The fourth-order valence-electron chi connectivity index (χ4n) is 2.71. The Balaban J connectivity index is 0.00000208. The molecule has 1 N–H and O–H groups in total. The van der Waals surface area contributed by atoms with Crippen LogP contribution in [0, 0.1) is 13.8 Å². The summed E-state index contributed by atoms with van der Waals surface area (Å²) < 4.78 is 11.2. The molecule has 2 aromatic rings. The van der Waals surface area contributed by atoms with Crippen molar-refractivity contribution in [3.8, 4) is 5.75 Å². The van der Waals surface area contributed by atoms with Crippen molar-refractivity contribution in [2.24, 2.45) is 0 Å². The third kappa shape index (κ3) is 4.47. The maximum Gasteiger partial charge on any atom is 0.230 e. The molecule has 6 nitrogen and oxygen atoms in total. The highest BCUT2D eigenvalue weighted by molar-refractivity contribution is 5.85. The van der Waals surface area contributed by atoms with Gasteiger partial charge in [0, 0.05) is 19.6 Å². The molecule has 0 amide bonds. The molecule has 1 aliphatic rings. The summed E-state index contributed by atoms with van der Waals surface area (Å²) in [6.45, 7) is 7.49. The SMILES string of the molecule is Cc1ccc(C)c(OCCc2nc(C3CNCCN3C)no2)c1.Cl. The van der Waals surface area contributed by atoms with E-state index in [2.05, 4.69) is 52.5 Å². The number of ether oxygens (including phenoxy) is 1. The minimum absolute atomic E-state index is 0. The number of halogens is 1. The van der Waals surface area contributed by atoms with Gasteiger partial charge < -0.3 is 14.6 Å². The number of nitrogens with zero attached hydrogens (tertiary/aromatic N) is 3. The Morgan fingerprint density at radius 2 is 2.21 bits per heavy atom. The first-order valence-electron chi connectivity index (χ1n) is 8.07.